The van der Waals surface area contributed by atoms with Gasteiger partial charge in [0.05, 0.1) is 16.1 Å². The maximum atomic E-state index is 12.1. The molecule has 0 spiro atoms. The summed E-state index contributed by atoms with van der Waals surface area (Å²) in [5, 5.41) is 6.24. The Morgan fingerprint density at radius 3 is 2.52 bits per heavy atom. The molecule has 0 aromatic carbocycles. The first-order chi connectivity index (χ1) is 9.97. The van der Waals surface area contributed by atoms with Gasteiger partial charge in [-0.1, -0.05) is 13.8 Å². The normalized spacial score (nSPS) is 12.2. The third-order valence-corrected chi connectivity index (χ3v) is 4.17. The fraction of sp³-hybridized carbons (Fsp3) is 0.333. The predicted molar refractivity (Wildman–Crippen MR) is 82.7 cm³/mol. The van der Waals surface area contributed by atoms with E-state index in [0.717, 1.165) is 0 Å². The summed E-state index contributed by atoms with van der Waals surface area (Å²) in [7, 11) is 0. The molecule has 0 saturated heterocycles. The molecule has 0 radical (unpaired) electrons. The molecule has 2 heterocycles. The minimum atomic E-state index is -0.329. The molecule has 1 unspecified atom stereocenters. The van der Waals surface area contributed by atoms with E-state index >= 15 is 0 Å². The van der Waals surface area contributed by atoms with Crippen molar-refractivity contribution in [3.63, 3.8) is 0 Å². The van der Waals surface area contributed by atoms with Crippen LogP contribution in [0.25, 0.3) is 0 Å². The number of hydrogen-bond acceptors (Lipinski definition) is 4. The monoisotopic (exact) mass is 306 g/mol. The van der Waals surface area contributed by atoms with Gasteiger partial charge in [-0.2, -0.15) is 0 Å². The molecule has 0 bridgehead atoms. The summed E-state index contributed by atoms with van der Waals surface area (Å²) in [6.07, 6.45) is 1.44. The van der Waals surface area contributed by atoms with Gasteiger partial charge in [0.25, 0.3) is 11.8 Å². The van der Waals surface area contributed by atoms with Crippen LogP contribution in [0.3, 0.4) is 0 Å². The highest BCUT2D eigenvalue weighted by molar-refractivity contribution is 7.18. The van der Waals surface area contributed by atoms with Gasteiger partial charge in [-0.3, -0.25) is 9.59 Å². The number of carbonyl (C=O) groups is 2. The average Bonchev–Trinajstić information content (AvgIpc) is 3.09. The Labute approximate surface area is 127 Å². The standard InChI is InChI=1S/C15H18N2O3S/c1-9(2)10(3)16-15(19)12-6-7-13(21-12)17-14(18)11-5-4-8-20-11/h4-10H,1-3H3,(H,16,19)(H,17,18). The molecule has 0 aliphatic rings. The number of furan rings is 1. The van der Waals surface area contributed by atoms with Crippen molar-refractivity contribution >= 4 is 28.2 Å². The van der Waals surface area contributed by atoms with Gasteiger partial charge in [-0.15, -0.1) is 11.3 Å². The van der Waals surface area contributed by atoms with E-state index in [0.29, 0.717) is 15.8 Å². The van der Waals surface area contributed by atoms with Crippen LogP contribution in [0.15, 0.2) is 34.9 Å². The highest BCUT2D eigenvalue weighted by atomic mass is 32.1. The Morgan fingerprint density at radius 2 is 1.90 bits per heavy atom. The molecule has 6 heteroatoms. The lowest BCUT2D eigenvalue weighted by molar-refractivity contribution is 0.0933. The van der Waals surface area contributed by atoms with E-state index in [2.05, 4.69) is 10.6 Å². The van der Waals surface area contributed by atoms with E-state index in [4.69, 9.17) is 4.42 Å². The highest BCUT2D eigenvalue weighted by Crippen LogP contribution is 2.23. The Morgan fingerprint density at radius 1 is 1.14 bits per heavy atom. The number of nitrogens with one attached hydrogen (secondary N) is 2. The lowest BCUT2D eigenvalue weighted by atomic mass is 10.1. The van der Waals surface area contributed by atoms with E-state index in [-0.39, 0.29) is 23.6 Å². The summed E-state index contributed by atoms with van der Waals surface area (Å²) in [5.41, 5.74) is 0. The molecule has 2 amide bonds. The number of hydrogen-bond donors (Lipinski definition) is 2. The number of thiophene rings is 1. The summed E-state index contributed by atoms with van der Waals surface area (Å²) in [6, 6.07) is 6.74. The van der Waals surface area contributed by atoms with Gasteiger partial charge in [0.2, 0.25) is 0 Å². The number of anilines is 1. The molecule has 2 aromatic rings. The van der Waals surface area contributed by atoms with E-state index in [9.17, 15) is 9.59 Å². The third-order valence-electron chi connectivity index (χ3n) is 3.17. The van der Waals surface area contributed by atoms with Crippen molar-refractivity contribution in [2.45, 2.75) is 26.8 Å². The zero-order chi connectivity index (χ0) is 15.4. The van der Waals surface area contributed by atoms with Crippen LogP contribution in [0, 0.1) is 5.92 Å². The molecule has 0 fully saturated rings. The Hall–Kier alpha value is -2.08. The fourth-order valence-electron chi connectivity index (χ4n) is 1.55. The summed E-state index contributed by atoms with van der Waals surface area (Å²) >= 11 is 1.23. The summed E-state index contributed by atoms with van der Waals surface area (Å²) < 4.78 is 5.01. The fourth-order valence-corrected chi connectivity index (χ4v) is 2.36. The van der Waals surface area contributed by atoms with Crippen molar-refractivity contribution < 1.29 is 14.0 Å². The van der Waals surface area contributed by atoms with Crippen molar-refractivity contribution in [3.05, 3.63) is 41.2 Å². The van der Waals surface area contributed by atoms with Crippen molar-refractivity contribution in [1.82, 2.24) is 5.32 Å². The maximum absolute atomic E-state index is 12.1. The second kappa shape index (κ2) is 6.58. The van der Waals surface area contributed by atoms with Gasteiger partial charge in [-0.05, 0) is 37.1 Å². The summed E-state index contributed by atoms with van der Waals surface area (Å²) in [5.74, 6) is 0.152. The molecule has 112 valence electrons. The average molecular weight is 306 g/mol. The predicted octanol–water partition coefficient (Wildman–Crippen LogP) is 3.37. The van der Waals surface area contributed by atoms with E-state index < -0.39 is 0 Å². The molecular formula is C15H18N2O3S. The first-order valence-corrected chi connectivity index (χ1v) is 7.54. The molecule has 2 aromatic heterocycles. The van der Waals surface area contributed by atoms with Crippen LogP contribution in [0.1, 0.15) is 41.0 Å². The minimum Gasteiger partial charge on any atom is -0.459 e. The molecule has 1 atom stereocenters. The molecular weight excluding hydrogens is 288 g/mol. The van der Waals surface area contributed by atoms with Crippen molar-refractivity contribution in [3.8, 4) is 0 Å². The van der Waals surface area contributed by atoms with Crippen LogP contribution in [0.5, 0.6) is 0 Å². The van der Waals surface area contributed by atoms with E-state index in [1.165, 1.54) is 17.6 Å². The molecule has 0 saturated carbocycles. The van der Waals surface area contributed by atoms with Gasteiger partial charge < -0.3 is 15.1 Å². The van der Waals surface area contributed by atoms with Crippen LogP contribution in [-0.2, 0) is 0 Å². The molecule has 21 heavy (non-hydrogen) atoms. The third kappa shape index (κ3) is 3.95. The van der Waals surface area contributed by atoms with Crippen LogP contribution in [-0.4, -0.2) is 17.9 Å². The smallest absolute Gasteiger partial charge is 0.291 e. The van der Waals surface area contributed by atoms with Gasteiger partial charge >= 0.3 is 0 Å². The van der Waals surface area contributed by atoms with Gasteiger partial charge in [0, 0.05) is 6.04 Å². The zero-order valence-electron chi connectivity index (χ0n) is 12.2. The SMILES string of the molecule is CC(C)C(C)NC(=O)c1ccc(NC(=O)c2ccco2)s1. The molecule has 0 aliphatic heterocycles. The van der Waals surface area contributed by atoms with Gasteiger partial charge in [-0.25, -0.2) is 0 Å². The Kier molecular flexibility index (Phi) is 4.80. The Balaban J connectivity index is 1.98. The van der Waals surface area contributed by atoms with Crippen molar-refractivity contribution in [2.75, 3.05) is 5.32 Å². The minimum absolute atomic E-state index is 0.0979. The topological polar surface area (TPSA) is 71.3 Å². The number of amides is 2. The second-order valence-corrected chi connectivity index (χ2v) is 6.19. The first kappa shape index (κ1) is 15.3. The maximum Gasteiger partial charge on any atom is 0.291 e. The van der Waals surface area contributed by atoms with Crippen molar-refractivity contribution in [2.24, 2.45) is 5.92 Å². The van der Waals surface area contributed by atoms with Crippen LogP contribution in [0.4, 0.5) is 5.00 Å². The van der Waals surface area contributed by atoms with E-state index in [1.54, 1.807) is 24.3 Å². The number of carbonyl (C=O) groups excluding carboxylic acids is 2. The quantitative estimate of drug-likeness (QED) is 0.889. The van der Waals surface area contributed by atoms with Crippen molar-refractivity contribution in [1.29, 1.82) is 0 Å². The van der Waals surface area contributed by atoms with Crippen LogP contribution in [0.2, 0.25) is 0 Å². The summed E-state index contributed by atoms with van der Waals surface area (Å²) in [4.78, 5) is 24.4. The molecule has 5 nitrogen and oxygen atoms in total. The second-order valence-electron chi connectivity index (χ2n) is 5.10. The van der Waals surface area contributed by atoms with E-state index in [1.807, 2.05) is 20.8 Å². The molecule has 2 N–H and O–H groups in total. The Bertz CT molecular complexity index is 617. The largest absolute Gasteiger partial charge is 0.459 e. The van der Waals surface area contributed by atoms with Gasteiger partial charge in [0.1, 0.15) is 0 Å². The lowest BCUT2D eigenvalue weighted by Gasteiger charge is -2.16. The van der Waals surface area contributed by atoms with Crippen LogP contribution < -0.4 is 10.6 Å². The number of rotatable bonds is 5. The highest BCUT2D eigenvalue weighted by Gasteiger charge is 2.16. The lowest BCUT2D eigenvalue weighted by Crippen LogP contribution is -2.35. The summed E-state index contributed by atoms with van der Waals surface area (Å²) in [6.45, 7) is 6.07. The van der Waals surface area contributed by atoms with Crippen LogP contribution >= 0.6 is 11.3 Å². The van der Waals surface area contributed by atoms with Gasteiger partial charge in [0.15, 0.2) is 5.76 Å². The zero-order valence-corrected chi connectivity index (χ0v) is 13.0. The molecule has 2 rings (SSSR count). The first-order valence-electron chi connectivity index (χ1n) is 6.73. The molecule has 0 aliphatic carbocycles.